The average Bonchev–Trinajstić information content (AvgIpc) is 2.33. The van der Waals surface area contributed by atoms with Crippen molar-refractivity contribution in [2.24, 2.45) is 16.8 Å². The lowest BCUT2D eigenvalue weighted by molar-refractivity contribution is 0.142. The van der Waals surface area contributed by atoms with Crippen LogP contribution in [0.4, 0.5) is 0 Å². The van der Waals surface area contributed by atoms with E-state index in [1.54, 1.807) is 6.34 Å². The molecule has 1 heterocycles. The second kappa shape index (κ2) is 5.97. The first-order valence-corrected chi connectivity index (χ1v) is 4.45. The summed E-state index contributed by atoms with van der Waals surface area (Å²) < 4.78 is 5.34. The second-order valence-electron chi connectivity index (χ2n) is 3.07. The number of nitrogens with two attached hydrogens (primary N) is 1. The van der Waals surface area contributed by atoms with E-state index in [1.165, 1.54) is 6.42 Å². The lowest BCUT2D eigenvalue weighted by Gasteiger charge is -2.08. The van der Waals surface area contributed by atoms with Crippen LogP contribution >= 0.6 is 0 Å². The maximum absolute atomic E-state index is 5.34. The van der Waals surface area contributed by atoms with Gasteiger partial charge in [-0.3, -0.25) is 4.99 Å². The highest BCUT2D eigenvalue weighted by molar-refractivity contribution is 5.52. The van der Waals surface area contributed by atoms with E-state index in [2.05, 4.69) is 10.4 Å². The summed E-state index contributed by atoms with van der Waals surface area (Å²) >= 11 is 0. The Bertz CT molecular complexity index is 130. The number of rotatable bonds is 3. The third kappa shape index (κ3) is 3.69. The highest BCUT2D eigenvalue weighted by Crippen LogP contribution is 2.15. The quantitative estimate of drug-likeness (QED) is 0.278. The van der Waals surface area contributed by atoms with Crippen molar-refractivity contribution in [3.8, 4) is 0 Å². The van der Waals surface area contributed by atoms with Crippen LogP contribution in [0.2, 0.25) is 0 Å². The Labute approximate surface area is 73.2 Å². The molecular formula is C8H17N3O. The molecule has 3 N–H and O–H groups in total. The lowest BCUT2D eigenvalue weighted by atomic mass is 10.0. The van der Waals surface area contributed by atoms with Gasteiger partial charge in [0.1, 0.15) is 0 Å². The summed E-state index contributed by atoms with van der Waals surface area (Å²) in [5, 5.41) is 0. The van der Waals surface area contributed by atoms with E-state index in [9.17, 15) is 0 Å². The molecule has 70 valence electrons. The van der Waals surface area contributed by atoms with Gasteiger partial charge in [0.2, 0.25) is 0 Å². The molecule has 0 aromatic carbocycles. The molecule has 12 heavy (non-hydrogen) atoms. The summed E-state index contributed by atoms with van der Waals surface area (Å²) in [7, 11) is 0. The van der Waals surface area contributed by atoms with Gasteiger partial charge in [-0.1, -0.05) is 0 Å². The largest absolute Gasteiger partial charge is 0.381 e. The predicted octanol–water partition coefficient (Wildman–Crippen LogP) is 0.295. The van der Waals surface area contributed by atoms with E-state index >= 15 is 0 Å². The van der Waals surface area contributed by atoms with E-state index in [0.29, 0.717) is 5.92 Å². The van der Waals surface area contributed by atoms with Gasteiger partial charge >= 0.3 is 0 Å². The summed E-state index contributed by atoms with van der Waals surface area (Å²) in [6.45, 7) is 2.67. The first-order valence-electron chi connectivity index (χ1n) is 4.45. The molecule has 1 aliphatic rings. The topological polar surface area (TPSA) is 59.6 Å². The van der Waals surface area contributed by atoms with Crippen molar-refractivity contribution in [2.45, 2.75) is 19.3 Å². The number of aliphatic imine (C=N–C) groups is 1. The average molecular weight is 171 g/mol. The summed E-state index contributed by atoms with van der Waals surface area (Å²) in [6.07, 6.45) is 5.06. The number of hydrogen-bond acceptors (Lipinski definition) is 3. The SMILES string of the molecule is NNC=NCC1CCCOCC1. The Hall–Kier alpha value is -0.610. The van der Waals surface area contributed by atoms with Gasteiger partial charge in [0.05, 0.1) is 6.34 Å². The Morgan fingerprint density at radius 1 is 1.50 bits per heavy atom. The fourth-order valence-electron chi connectivity index (χ4n) is 1.41. The van der Waals surface area contributed by atoms with Crippen molar-refractivity contribution in [1.82, 2.24) is 5.43 Å². The van der Waals surface area contributed by atoms with Crippen LogP contribution in [0.1, 0.15) is 19.3 Å². The third-order valence-electron chi connectivity index (χ3n) is 2.10. The van der Waals surface area contributed by atoms with Crippen molar-refractivity contribution in [2.75, 3.05) is 19.8 Å². The van der Waals surface area contributed by atoms with Gasteiger partial charge in [-0.25, -0.2) is 5.84 Å². The molecule has 1 saturated heterocycles. The predicted molar refractivity (Wildman–Crippen MR) is 48.8 cm³/mol. The summed E-state index contributed by atoms with van der Waals surface area (Å²) in [5.41, 5.74) is 2.40. The molecule has 0 spiro atoms. The molecular weight excluding hydrogens is 154 g/mol. The minimum Gasteiger partial charge on any atom is -0.381 e. The fourth-order valence-corrected chi connectivity index (χ4v) is 1.41. The highest BCUT2D eigenvalue weighted by atomic mass is 16.5. The zero-order valence-corrected chi connectivity index (χ0v) is 7.33. The van der Waals surface area contributed by atoms with Crippen LogP contribution in [-0.4, -0.2) is 26.1 Å². The zero-order valence-electron chi connectivity index (χ0n) is 7.33. The molecule has 1 aliphatic heterocycles. The molecule has 0 aromatic heterocycles. The molecule has 0 amide bonds. The van der Waals surface area contributed by atoms with Gasteiger partial charge in [0.15, 0.2) is 0 Å². The van der Waals surface area contributed by atoms with Gasteiger partial charge in [0, 0.05) is 19.8 Å². The maximum atomic E-state index is 5.34. The molecule has 1 rings (SSSR count). The van der Waals surface area contributed by atoms with Crippen LogP contribution in [0.3, 0.4) is 0 Å². The molecule has 4 heteroatoms. The Morgan fingerprint density at radius 2 is 2.42 bits per heavy atom. The van der Waals surface area contributed by atoms with E-state index in [-0.39, 0.29) is 0 Å². The smallest absolute Gasteiger partial charge is 0.0964 e. The van der Waals surface area contributed by atoms with Crippen molar-refractivity contribution < 1.29 is 4.74 Å². The van der Waals surface area contributed by atoms with Crippen molar-refractivity contribution in [3.05, 3.63) is 0 Å². The Morgan fingerprint density at radius 3 is 3.25 bits per heavy atom. The van der Waals surface area contributed by atoms with Crippen LogP contribution in [0.5, 0.6) is 0 Å². The monoisotopic (exact) mass is 171 g/mol. The number of hydrogen-bond donors (Lipinski definition) is 2. The normalized spacial score (nSPS) is 25.6. The minimum atomic E-state index is 0.678. The summed E-state index contributed by atoms with van der Waals surface area (Å²) in [4.78, 5) is 4.14. The maximum Gasteiger partial charge on any atom is 0.0964 e. The lowest BCUT2D eigenvalue weighted by Crippen LogP contribution is -2.20. The van der Waals surface area contributed by atoms with Gasteiger partial charge in [-0.05, 0) is 25.2 Å². The molecule has 4 nitrogen and oxygen atoms in total. The zero-order chi connectivity index (χ0) is 8.65. The molecule has 0 aliphatic carbocycles. The van der Waals surface area contributed by atoms with Crippen LogP contribution < -0.4 is 11.3 Å². The summed E-state index contributed by atoms with van der Waals surface area (Å²) in [6, 6.07) is 0. The van der Waals surface area contributed by atoms with Crippen molar-refractivity contribution in [3.63, 3.8) is 0 Å². The number of hydrazine groups is 1. The van der Waals surface area contributed by atoms with Crippen molar-refractivity contribution >= 4 is 6.34 Å². The first kappa shape index (κ1) is 9.48. The summed E-state index contributed by atoms with van der Waals surface area (Å²) in [5.74, 6) is 5.73. The van der Waals surface area contributed by atoms with E-state index in [4.69, 9.17) is 10.6 Å². The molecule has 1 atom stereocenters. The molecule has 1 fully saturated rings. The van der Waals surface area contributed by atoms with Crippen LogP contribution in [0.15, 0.2) is 4.99 Å². The van der Waals surface area contributed by atoms with Crippen LogP contribution in [0, 0.1) is 5.92 Å². The Balaban J connectivity index is 2.16. The Kier molecular flexibility index (Phi) is 4.71. The minimum absolute atomic E-state index is 0.678. The van der Waals surface area contributed by atoms with Crippen LogP contribution in [0.25, 0.3) is 0 Å². The number of nitrogens with one attached hydrogen (secondary N) is 1. The molecule has 0 saturated carbocycles. The second-order valence-corrected chi connectivity index (χ2v) is 3.07. The highest BCUT2D eigenvalue weighted by Gasteiger charge is 2.10. The standard InChI is InChI=1S/C8H17N3O/c9-11-7-10-6-8-2-1-4-12-5-3-8/h7-8H,1-6,9H2,(H,10,11). The van der Waals surface area contributed by atoms with Gasteiger partial charge < -0.3 is 10.2 Å². The fraction of sp³-hybridized carbons (Fsp3) is 0.875. The molecule has 0 aromatic rings. The van der Waals surface area contributed by atoms with E-state index in [0.717, 1.165) is 32.6 Å². The number of nitrogens with zero attached hydrogens (tertiary/aromatic N) is 1. The molecule has 0 radical (unpaired) electrons. The van der Waals surface area contributed by atoms with E-state index < -0.39 is 0 Å². The van der Waals surface area contributed by atoms with Gasteiger partial charge in [-0.2, -0.15) is 0 Å². The van der Waals surface area contributed by atoms with E-state index in [1.807, 2.05) is 0 Å². The molecule has 1 unspecified atom stereocenters. The third-order valence-corrected chi connectivity index (χ3v) is 2.10. The molecule has 0 bridgehead atoms. The van der Waals surface area contributed by atoms with Crippen LogP contribution in [-0.2, 0) is 4.74 Å². The number of ether oxygens (including phenoxy) is 1. The first-order chi connectivity index (χ1) is 5.93. The van der Waals surface area contributed by atoms with Crippen molar-refractivity contribution in [1.29, 1.82) is 0 Å². The van der Waals surface area contributed by atoms with Gasteiger partial charge in [-0.15, -0.1) is 0 Å². The van der Waals surface area contributed by atoms with Gasteiger partial charge in [0.25, 0.3) is 0 Å².